The summed E-state index contributed by atoms with van der Waals surface area (Å²) in [4.78, 5) is 0. The molecule has 1 aromatic carbocycles. The van der Waals surface area contributed by atoms with E-state index in [4.69, 9.17) is 9.94 Å². The Labute approximate surface area is 107 Å². The molecule has 0 fully saturated rings. The van der Waals surface area contributed by atoms with Gasteiger partial charge < -0.3 is 20.4 Å². The number of nitrogens with zero attached hydrogens (tertiary/aromatic N) is 1. The van der Waals surface area contributed by atoms with E-state index in [2.05, 4.69) is 10.5 Å². The number of ether oxygens (including phenoxy) is 1. The maximum Gasteiger partial charge on any atom is 0.128 e. The first-order valence-electron chi connectivity index (χ1n) is 5.94. The van der Waals surface area contributed by atoms with Crippen LogP contribution in [-0.2, 0) is 0 Å². The molecule has 5 heteroatoms. The number of benzene rings is 1. The van der Waals surface area contributed by atoms with Crippen molar-refractivity contribution in [3.63, 3.8) is 0 Å². The molecular formula is C13H20N2O3. The van der Waals surface area contributed by atoms with Gasteiger partial charge in [-0.15, -0.1) is 0 Å². The van der Waals surface area contributed by atoms with E-state index < -0.39 is 6.10 Å². The van der Waals surface area contributed by atoms with Crippen LogP contribution in [0.25, 0.3) is 0 Å². The van der Waals surface area contributed by atoms with Gasteiger partial charge in [0.15, 0.2) is 0 Å². The van der Waals surface area contributed by atoms with Crippen molar-refractivity contribution in [2.75, 3.05) is 13.2 Å². The molecule has 0 saturated carbocycles. The Morgan fingerprint density at radius 2 is 2.11 bits per heavy atom. The molecule has 1 aromatic rings. The fraction of sp³-hybridized carbons (Fsp3) is 0.462. The predicted molar refractivity (Wildman–Crippen MR) is 70.5 cm³/mol. The van der Waals surface area contributed by atoms with Gasteiger partial charge in [-0.25, -0.2) is 0 Å². The molecule has 0 amide bonds. The fourth-order valence-corrected chi connectivity index (χ4v) is 1.40. The smallest absolute Gasteiger partial charge is 0.128 e. The van der Waals surface area contributed by atoms with Crippen LogP contribution in [0.2, 0.25) is 0 Å². The molecule has 0 radical (unpaired) electrons. The maximum absolute atomic E-state index is 9.71. The molecule has 0 spiro atoms. The average molecular weight is 252 g/mol. The van der Waals surface area contributed by atoms with Gasteiger partial charge in [0.25, 0.3) is 0 Å². The zero-order valence-electron chi connectivity index (χ0n) is 10.7. The minimum absolute atomic E-state index is 0.190. The number of hydrogen-bond donors (Lipinski definition) is 3. The third kappa shape index (κ3) is 5.16. The van der Waals surface area contributed by atoms with Crippen LogP contribution in [0.15, 0.2) is 29.4 Å². The zero-order valence-corrected chi connectivity index (χ0v) is 10.7. The van der Waals surface area contributed by atoms with Crippen LogP contribution in [0.1, 0.15) is 19.4 Å². The van der Waals surface area contributed by atoms with Crippen LogP contribution in [0.4, 0.5) is 0 Å². The molecule has 1 rings (SSSR count). The highest BCUT2D eigenvalue weighted by Crippen LogP contribution is 2.15. The van der Waals surface area contributed by atoms with E-state index in [0.29, 0.717) is 23.9 Å². The van der Waals surface area contributed by atoms with E-state index >= 15 is 0 Å². The second kappa shape index (κ2) is 7.68. The number of hydrogen-bond acceptors (Lipinski definition) is 5. The Balaban J connectivity index is 2.47. The number of oxime groups is 1. The molecule has 0 aromatic heterocycles. The van der Waals surface area contributed by atoms with Gasteiger partial charge in [0.05, 0.1) is 6.21 Å². The number of para-hydroxylation sites is 1. The molecule has 18 heavy (non-hydrogen) atoms. The summed E-state index contributed by atoms with van der Waals surface area (Å²) in [6, 6.07) is 7.50. The van der Waals surface area contributed by atoms with Gasteiger partial charge >= 0.3 is 0 Å². The van der Waals surface area contributed by atoms with E-state index in [0.717, 1.165) is 0 Å². The standard InChI is InChI=1S/C13H20N2O3/c1-10(2)14-8-12(16)9-18-13-6-4-3-5-11(13)7-15-17/h3-7,10,12,14,16-17H,8-9H2,1-2H3. The normalized spacial score (nSPS) is 13.1. The summed E-state index contributed by atoms with van der Waals surface area (Å²) in [5, 5.41) is 24.3. The summed E-state index contributed by atoms with van der Waals surface area (Å²) in [6.07, 6.45) is 0.722. The van der Waals surface area contributed by atoms with Crippen molar-refractivity contribution >= 4 is 6.21 Å². The van der Waals surface area contributed by atoms with Gasteiger partial charge in [0, 0.05) is 18.2 Å². The highest BCUT2D eigenvalue weighted by molar-refractivity contribution is 5.82. The Bertz CT molecular complexity index is 380. The predicted octanol–water partition coefficient (Wildman–Crippen LogP) is 1.23. The summed E-state index contributed by atoms with van der Waals surface area (Å²) in [7, 11) is 0. The first-order chi connectivity index (χ1) is 8.63. The topological polar surface area (TPSA) is 74.1 Å². The lowest BCUT2D eigenvalue weighted by Gasteiger charge is -2.15. The molecule has 0 aliphatic heterocycles. The number of aliphatic hydroxyl groups excluding tert-OH is 1. The van der Waals surface area contributed by atoms with E-state index in [9.17, 15) is 5.11 Å². The Kier molecular flexibility index (Phi) is 6.18. The summed E-state index contributed by atoms with van der Waals surface area (Å²) in [5.74, 6) is 0.582. The molecule has 0 aliphatic rings. The fourth-order valence-electron chi connectivity index (χ4n) is 1.40. The van der Waals surface area contributed by atoms with Gasteiger partial charge in [0.2, 0.25) is 0 Å². The molecule has 1 unspecified atom stereocenters. The Morgan fingerprint density at radius 1 is 1.39 bits per heavy atom. The molecule has 0 aliphatic carbocycles. The summed E-state index contributed by atoms with van der Waals surface area (Å²) in [5.41, 5.74) is 0.670. The van der Waals surface area contributed by atoms with Gasteiger partial charge in [-0.2, -0.15) is 0 Å². The minimum atomic E-state index is -0.577. The summed E-state index contributed by atoms with van der Waals surface area (Å²) < 4.78 is 5.49. The van der Waals surface area contributed by atoms with Crippen molar-refractivity contribution in [3.8, 4) is 5.75 Å². The lowest BCUT2D eigenvalue weighted by Crippen LogP contribution is -2.35. The largest absolute Gasteiger partial charge is 0.490 e. The monoisotopic (exact) mass is 252 g/mol. The number of rotatable bonds is 7. The molecule has 0 bridgehead atoms. The lowest BCUT2D eigenvalue weighted by atomic mass is 10.2. The van der Waals surface area contributed by atoms with Gasteiger partial charge in [-0.1, -0.05) is 31.1 Å². The molecule has 1 atom stereocenters. The third-order valence-corrected chi connectivity index (χ3v) is 2.31. The highest BCUT2D eigenvalue weighted by atomic mass is 16.5. The lowest BCUT2D eigenvalue weighted by molar-refractivity contribution is 0.104. The molecule has 3 N–H and O–H groups in total. The van der Waals surface area contributed by atoms with Crippen molar-refractivity contribution in [3.05, 3.63) is 29.8 Å². The second-order valence-electron chi connectivity index (χ2n) is 4.31. The molecule has 5 nitrogen and oxygen atoms in total. The van der Waals surface area contributed by atoms with Crippen molar-refractivity contribution < 1.29 is 15.1 Å². The van der Waals surface area contributed by atoms with Crippen LogP contribution in [0.3, 0.4) is 0 Å². The second-order valence-corrected chi connectivity index (χ2v) is 4.31. The van der Waals surface area contributed by atoms with Crippen molar-refractivity contribution in [2.45, 2.75) is 26.0 Å². The van der Waals surface area contributed by atoms with Crippen molar-refractivity contribution in [1.29, 1.82) is 0 Å². The first kappa shape index (κ1) is 14.5. The van der Waals surface area contributed by atoms with Crippen molar-refractivity contribution in [2.24, 2.45) is 5.16 Å². The quantitative estimate of drug-likeness (QED) is 0.388. The minimum Gasteiger partial charge on any atom is -0.490 e. The summed E-state index contributed by atoms with van der Waals surface area (Å²) in [6.45, 7) is 4.70. The van der Waals surface area contributed by atoms with Crippen LogP contribution in [0, 0.1) is 0 Å². The van der Waals surface area contributed by atoms with E-state index in [1.165, 1.54) is 6.21 Å². The van der Waals surface area contributed by atoms with Gasteiger partial charge in [0.1, 0.15) is 18.5 Å². The molecule has 0 heterocycles. The number of aliphatic hydroxyl groups is 1. The van der Waals surface area contributed by atoms with Gasteiger partial charge in [-0.3, -0.25) is 0 Å². The summed E-state index contributed by atoms with van der Waals surface area (Å²) >= 11 is 0. The third-order valence-electron chi connectivity index (χ3n) is 2.31. The molecule has 100 valence electrons. The first-order valence-corrected chi connectivity index (χ1v) is 5.94. The maximum atomic E-state index is 9.71. The Morgan fingerprint density at radius 3 is 2.78 bits per heavy atom. The SMILES string of the molecule is CC(C)NCC(O)COc1ccccc1C=NO. The molecule has 0 saturated heterocycles. The van der Waals surface area contributed by atoms with E-state index in [1.54, 1.807) is 12.1 Å². The van der Waals surface area contributed by atoms with Gasteiger partial charge in [-0.05, 0) is 12.1 Å². The van der Waals surface area contributed by atoms with Crippen LogP contribution >= 0.6 is 0 Å². The van der Waals surface area contributed by atoms with Crippen molar-refractivity contribution in [1.82, 2.24) is 5.32 Å². The Hall–Kier alpha value is -1.59. The zero-order chi connectivity index (χ0) is 13.4. The number of nitrogens with one attached hydrogen (secondary N) is 1. The average Bonchev–Trinajstić information content (AvgIpc) is 2.35. The van der Waals surface area contributed by atoms with E-state index in [-0.39, 0.29) is 6.61 Å². The van der Waals surface area contributed by atoms with Crippen LogP contribution in [0.5, 0.6) is 5.75 Å². The van der Waals surface area contributed by atoms with E-state index in [1.807, 2.05) is 26.0 Å². The highest BCUT2D eigenvalue weighted by Gasteiger charge is 2.07. The van der Waals surface area contributed by atoms with Crippen LogP contribution < -0.4 is 10.1 Å². The molecular weight excluding hydrogens is 232 g/mol. The van der Waals surface area contributed by atoms with Crippen LogP contribution in [-0.4, -0.2) is 41.8 Å².